The molecular formula is C19H25NO3. The van der Waals surface area contributed by atoms with Crippen LogP contribution in [0.4, 0.5) is 0 Å². The predicted molar refractivity (Wildman–Crippen MR) is 90.0 cm³/mol. The largest absolute Gasteiger partial charge is 0.460 e. The van der Waals surface area contributed by atoms with E-state index < -0.39 is 0 Å². The van der Waals surface area contributed by atoms with Gasteiger partial charge in [0.15, 0.2) is 0 Å². The third kappa shape index (κ3) is 4.01. The highest BCUT2D eigenvalue weighted by molar-refractivity contribution is 5.98. The van der Waals surface area contributed by atoms with Gasteiger partial charge in [0.05, 0.1) is 11.7 Å². The Morgan fingerprint density at radius 1 is 1.35 bits per heavy atom. The molecule has 0 bridgehead atoms. The van der Waals surface area contributed by atoms with Crippen molar-refractivity contribution in [2.24, 2.45) is 0 Å². The molecule has 1 fully saturated rings. The van der Waals surface area contributed by atoms with Crippen LogP contribution in [0, 0.1) is 0 Å². The number of hydrogen-bond donors (Lipinski definition) is 0. The fourth-order valence-electron chi connectivity index (χ4n) is 3.27. The van der Waals surface area contributed by atoms with Crippen molar-refractivity contribution in [3.05, 3.63) is 41.5 Å². The van der Waals surface area contributed by atoms with Gasteiger partial charge in [-0.15, -0.1) is 0 Å². The van der Waals surface area contributed by atoms with Crippen molar-refractivity contribution < 1.29 is 14.3 Å². The normalized spacial score (nSPS) is 22.4. The standard InChI is InChI=1S/C19H25NO3/c1-2-20-11-10-17(15-7-4-3-5-8-15)18(13-20)19(21)23-14-16-9-6-12-22-16/h3-5,7-8,16H,2,6,9-14H2,1H3. The van der Waals surface area contributed by atoms with E-state index >= 15 is 0 Å². The summed E-state index contributed by atoms with van der Waals surface area (Å²) in [5.41, 5.74) is 3.07. The summed E-state index contributed by atoms with van der Waals surface area (Å²) in [6.45, 7) is 5.89. The van der Waals surface area contributed by atoms with Gasteiger partial charge in [-0.05, 0) is 36.9 Å². The maximum absolute atomic E-state index is 12.6. The van der Waals surface area contributed by atoms with Gasteiger partial charge in [0, 0.05) is 19.7 Å². The number of esters is 1. The maximum atomic E-state index is 12.6. The molecule has 0 saturated carbocycles. The number of benzene rings is 1. The Morgan fingerprint density at radius 2 is 2.17 bits per heavy atom. The lowest BCUT2D eigenvalue weighted by atomic mass is 9.93. The molecule has 2 heterocycles. The summed E-state index contributed by atoms with van der Waals surface area (Å²) < 4.78 is 11.1. The first kappa shape index (κ1) is 16.2. The molecule has 1 saturated heterocycles. The van der Waals surface area contributed by atoms with E-state index in [0.29, 0.717) is 13.2 Å². The SMILES string of the molecule is CCN1CCC(c2ccccc2)=C(C(=O)OCC2CCCO2)C1. The zero-order valence-electron chi connectivity index (χ0n) is 13.8. The molecule has 4 nitrogen and oxygen atoms in total. The molecule has 1 aromatic rings. The Labute approximate surface area is 138 Å². The highest BCUT2D eigenvalue weighted by Crippen LogP contribution is 2.28. The molecule has 124 valence electrons. The summed E-state index contributed by atoms with van der Waals surface area (Å²) in [5, 5.41) is 0. The summed E-state index contributed by atoms with van der Waals surface area (Å²) in [6, 6.07) is 10.2. The van der Waals surface area contributed by atoms with E-state index in [1.165, 1.54) is 0 Å². The van der Waals surface area contributed by atoms with Gasteiger partial charge in [0.1, 0.15) is 6.61 Å². The average Bonchev–Trinajstić information content (AvgIpc) is 3.13. The number of ether oxygens (including phenoxy) is 2. The van der Waals surface area contributed by atoms with Crippen molar-refractivity contribution in [1.29, 1.82) is 0 Å². The van der Waals surface area contributed by atoms with Gasteiger partial charge < -0.3 is 9.47 Å². The Bertz CT molecular complexity index is 561. The first-order chi connectivity index (χ1) is 11.3. The smallest absolute Gasteiger partial charge is 0.335 e. The van der Waals surface area contributed by atoms with E-state index in [-0.39, 0.29) is 12.1 Å². The fourth-order valence-corrected chi connectivity index (χ4v) is 3.27. The van der Waals surface area contributed by atoms with E-state index in [2.05, 4.69) is 24.0 Å². The molecule has 3 rings (SSSR count). The summed E-state index contributed by atoms with van der Waals surface area (Å²) in [4.78, 5) is 14.9. The van der Waals surface area contributed by atoms with Crippen LogP contribution in [0.15, 0.2) is 35.9 Å². The van der Waals surface area contributed by atoms with Crippen molar-refractivity contribution in [2.45, 2.75) is 32.3 Å². The van der Waals surface area contributed by atoms with Crippen molar-refractivity contribution in [2.75, 3.05) is 32.8 Å². The molecule has 0 spiro atoms. The average molecular weight is 315 g/mol. The molecule has 0 N–H and O–H groups in total. The van der Waals surface area contributed by atoms with Gasteiger partial charge in [-0.3, -0.25) is 4.90 Å². The molecule has 1 unspecified atom stereocenters. The summed E-state index contributed by atoms with van der Waals surface area (Å²) in [7, 11) is 0. The second kappa shape index (κ2) is 7.75. The highest BCUT2D eigenvalue weighted by atomic mass is 16.6. The lowest BCUT2D eigenvalue weighted by molar-refractivity contribution is -0.142. The first-order valence-corrected chi connectivity index (χ1v) is 8.56. The number of likely N-dealkylation sites (N-methyl/N-ethyl adjacent to an activating group) is 1. The van der Waals surface area contributed by atoms with E-state index in [0.717, 1.165) is 55.7 Å². The second-order valence-electron chi connectivity index (χ2n) is 6.18. The number of hydrogen-bond acceptors (Lipinski definition) is 4. The van der Waals surface area contributed by atoms with Crippen LogP contribution < -0.4 is 0 Å². The van der Waals surface area contributed by atoms with Gasteiger partial charge in [-0.2, -0.15) is 0 Å². The number of carbonyl (C=O) groups is 1. The fraction of sp³-hybridized carbons (Fsp3) is 0.526. The minimum atomic E-state index is -0.183. The van der Waals surface area contributed by atoms with Crippen LogP contribution in [0.2, 0.25) is 0 Å². The van der Waals surface area contributed by atoms with Crippen LogP contribution in [0.3, 0.4) is 0 Å². The lowest BCUT2D eigenvalue weighted by Gasteiger charge is -2.29. The van der Waals surface area contributed by atoms with E-state index in [1.54, 1.807) is 0 Å². The van der Waals surface area contributed by atoms with Gasteiger partial charge >= 0.3 is 5.97 Å². The van der Waals surface area contributed by atoms with Gasteiger partial charge in [-0.25, -0.2) is 4.79 Å². The first-order valence-electron chi connectivity index (χ1n) is 8.56. The number of carbonyl (C=O) groups excluding carboxylic acids is 1. The van der Waals surface area contributed by atoms with Crippen molar-refractivity contribution in [3.8, 4) is 0 Å². The van der Waals surface area contributed by atoms with Crippen molar-refractivity contribution in [1.82, 2.24) is 4.90 Å². The molecule has 0 aliphatic carbocycles. The van der Waals surface area contributed by atoms with Crippen LogP contribution in [0.25, 0.3) is 5.57 Å². The van der Waals surface area contributed by atoms with Crippen molar-refractivity contribution >= 4 is 11.5 Å². The van der Waals surface area contributed by atoms with Gasteiger partial charge in [0.25, 0.3) is 0 Å². The van der Waals surface area contributed by atoms with Crippen LogP contribution in [-0.4, -0.2) is 49.8 Å². The minimum Gasteiger partial charge on any atom is -0.460 e. The second-order valence-corrected chi connectivity index (χ2v) is 6.18. The maximum Gasteiger partial charge on any atom is 0.335 e. The van der Waals surface area contributed by atoms with Crippen LogP contribution in [0.1, 0.15) is 31.7 Å². The third-order valence-corrected chi connectivity index (χ3v) is 4.66. The topological polar surface area (TPSA) is 38.8 Å². The molecule has 1 aromatic carbocycles. The Balaban J connectivity index is 1.77. The van der Waals surface area contributed by atoms with Crippen molar-refractivity contribution in [3.63, 3.8) is 0 Å². The zero-order chi connectivity index (χ0) is 16.1. The number of nitrogens with zero attached hydrogens (tertiary/aromatic N) is 1. The minimum absolute atomic E-state index is 0.0746. The molecule has 2 aliphatic rings. The molecule has 2 aliphatic heterocycles. The third-order valence-electron chi connectivity index (χ3n) is 4.66. The molecular weight excluding hydrogens is 290 g/mol. The highest BCUT2D eigenvalue weighted by Gasteiger charge is 2.26. The summed E-state index contributed by atoms with van der Waals surface area (Å²) >= 11 is 0. The van der Waals surface area contributed by atoms with E-state index in [1.807, 2.05) is 18.2 Å². The lowest BCUT2D eigenvalue weighted by Crippen LogP contribution is -2.34. The number of rotatable bonds is 5. The monoisotopic (exact) mass is 315 g/mol. The van der Waals surface area contributed by atoms with E-state index in [4.69, 9.17) is 9.47 Å². The molecule has 1 atom stereocenters. The quantitative estimate of drug-likeness (QED) is 0.783. The van der Waals surface area contributed by atoms with E-state index in [9.17, 15) is 4.79 Å². The Kier molecular flexibility index (Phi) is 5.47. The molecule has 0 radical (unpaired) electrons. The van der Waals surface area contributed by atoms with Crippen LogP contribution in [0.5, 0.6) is 0 Å². The molecule has 0 aromatic heterocycles. The molecule has 4 heteroatoms. The zero-order valence-corrected chi connectivity index (χ0v) is 13.8. The van der Waals surface area contributed by atoms with Gasteiger partial charge in [0.2, 0.25) is 0 Å². The Morgan fingerprint density at radius 3 is 2.87 bits per heavy atom. The summed E-state index contributed by atoms with van der Waals surface area (Å²) in [6.07, 6.45) is 3.01. The van der Waals surface area contributed by atoms with Gasteiger partial charge in [-0.1, -0.05) is 37.3 Å². The van der Waals surface area contributed by atoms with Crippen LogP contribution >= 0.6 is 0 Å². The Hall–Kier alpha value is -1.65. The van der Waals surface area contributed by atoms with Crippen LogP contribution in [-0.2, 0) is 14.3 Å². The predicted octanol–water partition coefficient (Wildman–Crippen LogP) is 2.89. The molecule has 23 heavy (non-hydrogen) atoms. The molecule has 0 amide bonds. The summed E-state index contributed by atoms with van der Waals surface area (Å²) in [5.74, 6) is -0.183.